The topological polar surface area (TPSA) is 602 Å². The lowest BCUT2D eigenvalue weighted by atomic mass is 10.0. The summed E-state index contributed by atoms with van der Waals surface area (Å²) in [6.07, 6.45) is -1.69. The summed E-state index contributed by atoms with van der Waals surface area (Å²) in [5.41, 5.74) is 29.0. The number of amides is 11. The monoisotopic (exact) mass is 1270 g/mol. The first-order chi connectivity index (χ1) is 42.5. The molecule has 10 atom stereocenters. The summed E-state index contributed by atoms with van der Waals surface area (Å²) in [5, 5.41) is 69.7. The number of hydrogen-bond donors (Lipinski definition) is 20. The van der Waals surface area contributed by atoms with Gasteiger partial charge in [-0.2, -0.15) is 0 Å². The molecule has 0 aliphatic heterocycles. The Bertz CT molecular complexity index is 2980. The molecule has 35 heteroatoms. The molecule has 0 spiro atoms. The Morgan fingerprint density at radius 1 is 0.522 bits per heavy atom. The van der Waals surface area contributed by atoms with E-state index in [1.54, 1.807) is 44.2 Å². The maximum atomic E-state index is 14.4. The number of carbonyl (C=O) groups excluding carboxylic acids is 11. The normalized spacial score (nSPS) is 14.3. The number of nitrogens with two attached hydrogens (primary N) is 5. The molecule has 3 rings (SSSR count). The van der Waals surface area contributed by atoms with Crippen LogP contribution < -0.4 is 76.5 Å². The van der Waals surface area contributed by atoms with Crippen LogP contribution in [0.3, 0.4) is 0 Å². The number of carboxylic acid groups (broad SMARTS) is 2. The summed E-state index contributed by atoms with van der Waals surface area (Å²) >= 11 is 0. The lowest BCUT2D eigenvalue weighted by Crippen LogP contribution is -2.61. The summed E-state index contributed by atoms with van der Waals surface area (Å²) in [7, 11) is 0. The van der Waals surface area contributed by atoms with Gasteiger partial charge in [-0.1, -0.05) is 56.3 Å². The predicted octanol–water partition coefficient (Wildman–Crippen LogP) is -7.38. The lowest BCUT2D eigenvalue weighted by molar-refractivity contribution is -0.143. The Kier molecular flexibility index (Phi) is 30.7. The fourth-order valence-corrected chi connectivity index (χ4v) is 8.53. The number of aromatic hydroxyl groups is 1. The van der Waals surface area contributed by atoms with Gasteiger partial charge in [0.25, 0.3) is 0 Å². The molecule has 0 fully saturated rings. The van der Waals surface area contributed by atoms with E-state index in [-0.39, 0.29) is 56.1 Å². The number of phenolic OH excluding ortho intramolecular Hbond substituents is 1. The molecule has 1 heterocycles. The average molecular weight is 1270 g/mol. The third-order valence-electron chi connectivity index (χ3n) is 13.1. The molecule has 0 aliphatic carbocycles. The number of phenols is 1. The number of aromatic nitrogens is 2. The zero-order valence-corrected chi connectivity index (χ0v) is 49.2. The van der Waals surface area contributed by atoms with Gasteiger partial charge in [0, 0.05) is 37.7 Å². The number of aliphatic carboxylic acids is 2. The molecular weight excluding hydrogens is 1190 g/mol. The Morgan fingerprint density at radius 2 is 0.978 bits per heavy atom. The van der Waals surface area contributed by atoms with Gasteiger partial charge in [0.05, 0.1) is 38.4 Å². The second-order valence-corrected chi connectivity index (χ2v) is 21.1. The Hall–Kier alpha value is -10.3. The first kappa shape index (κ1) is 74.0. The molecule has 25 N–H and O–H groups in total. The Balaban J connectivity index is 1.90. The molecule has 0 saturated carbocycles. The van der Waals surface area contributed by atoms with Crippen LogP contribution >= 0.6 is 0 Å². The summed E-state index contributed by atoms with van der Waals surface area (Å²) in [4.78, 5) is 184. The standard InChI is InChI=1S/C55H79N17O18/c1-27(2)17-35(48(83)70-39(22-44(78)79)52(87)69-38(21-43(58)77)51(86)67-36(19-28-7-4-3-5-8-28)49(84)72-41(25-74)54(89)90)66-50(85)37(20-30-23-61-26-63-30)68-47(82)34(14-15-42(57)76)65-53(88)40(24-73)71-46(81)33(9-6-16-62-55(59)60)64-45(80)32(56)18-29-10-12-31(75)13-11-29/h3-5,7-8,10-13,23,26-27,32-41,73-75H,6,9,14-22,24-25,56H2,1-2H3,(H2,57,76)(H2,58,77)(H,61,63)(H,64,80)(H,65,88)(H,66,85)(H,67,86)(H,68,82)(H,69,87)(H,70,83)(H,71,81)(H,72,84)(H,78,79)(H,89,90)(H4,59,60,62)/t32-,33-,34-,35-,36-,37-,38-,39-,40-,41-/m0/s1. The second kappa shape index (κ2) is 37.4. The number of aromatic amines is 1. The number of H-pyrrole nitrogens is 1. The predicted molar refractivity (Wildman–Crippen MR) is 315 cm³/mol. The average Bonchev–Trinajstić information content (AvgIpc) is 2.74. The first-order valence-electron chi connectivity index (χ1n) is 28.1. The van der Waals surface area contributed by atoms with Crippen molar-refractivity contribution in [2.24, 2.45) is 39.6 Å². The minimum Gasteiger partial charge on any atom is -0.508 e. The number of aliphatic imine (C=N–C) groups is 1. The molecule has 2 aromatic carbocycles. The van der Waals surface area contributed by atoms with Crippen molar-refractivity contribution in [3.63, 3.8) is 0 Å². The van der Waals surface area contributed by atoms with Gasteiger partial charge < -0.3 is 107 Å². The van der Waals surface area contributed by atoms with Crippen molar-refractivity contribution in [1.82, 2.24) is 57.8 Å². The molecule has 0 saturated heterocycles. The van der Waals surface area contributed by atoms with E-state index in [0.717, 1.165) is 0 Å². The maximum absolute atomic E-state index is 14.4. The number of guanidine groups is 1. The molecule has 0 unspecified atom stereocenters. The van der Waals surface area contributed by atoms with Crippen molar-refractivity contribution in [3.05, 3.63) is 83.9 Å². The highest BCUT2D eigenvalue weighted by Crippen LogP contribution is 2.14. The van der Waals surface area contributed by atoms with Gasteiger partial charge in [-0.25, -0.2) is 9.78 Å². The number of nitrogens with zero attached hydrogens (tertiary/aromatic N) is 2. The van der Waals surface area contributed by atoms with E-state index < -0.39 is 189 Å². The molecular formula is C55H79N17O18. The molecule has 0 aliphatic rings. The zero-order valence-electron chi connectivity index (χ0n) is 49.2. The number of rotatable bonds is 40. The van der Waals surface area contributed by atoms with Crippen molar-refractivity contribution in [3.8, 4) is 5.75 Å². The number of imidazole rings is 1. The number of aliphatic hydroxyl groups is 2. The van der Waals surface area contributed by atoms with Crippen molar-refractivity contribution in [1.29, 1.82) is 0 Å². The highest BCUT2D eigenvalue weighted by atomic mass is 16.4. The first-order valence-corrected chi connectivity index (χ1v) is 28.1. The lowest BCUT2D eigenvalue weighted by Gasteiger charge is -2.28. The number of carbonyl (C=O) groups is 13. The SMILES string of the molecule is CC(C)C[C@H](NC(=O)[C@H](Cc1cnc[nH]1)NC(=O)[C@H](CCC(N)=O)NC(=O)[C@H](CO)NC(=O)[C@H](CCCN=C(N)N)NC(=O)[C@@H](N)Cc1ccc(O)cc1)C(=O)N[C@@H](CC(=O)O)C(=O)N[C@@H](CC(N)=O)C(=O)N[C@@H](Cc1ccccc1)C(=O)N[C@@H](CO)C(=O)O. The smallest absolute Gasteiger partial charge is 0.328 e. The van der Waals surface area contributed by atoms with E-state index in [1.165, 1.54) is 36.8 Å². The van der Waals surface area contributed by atoms with Gasteiger partial charge in [0.15, 0.2) is 5.96 Å². The molecule has 11 amide bonds. The van der Waals surface area contributed by atoms with Crippen molar-refractivity contribution in [2.45, 2.75) is 138 Å². The summed E-state index contributed by atoms with van der Waals surface area (Å²) in [5.74, 6) is -16.4. The Morgan fingerprint density at radius 3 is 1.49 bits per heavy atom. The maximum Gasteiger partial charge on any atom is 0.328 e. The number of aliphatic hydroxyl groups excluding tert-OH is 2. The van der Waals surface area contributed by atoms with Gasteiger partial charge in [-0.15, -0.1) is 0 Å². The fraction of sp³-hybridized carbons (Fsp3) is 0.473. The third-order valence-corrected chi connectivity index (χ3v) is 13.1. The van der Waals surface area contributed by atoms with Crippen LogP contribution in [0.1, 0.15) is 75.6 Å². The number of primary amides is 2. The van der Waals surface area contributed by atoms with Crippen LogP contribution in [-0.2, 0) is 81.6 Å². The summed E-state index contributed by atoms with van der Waals surface area (Å²) in [6, 6.07) is -3.28. The Labute approximate surface area is 514 Å². The van der Waals surface area contributed by atoms with Crippen LogP contribution in [0.5, 0.6) is 5.75 Å². The summed E-state index contributed by atoms with van der Waals surface area (Å²) < 4.78 is 0. The van der Waals surface area contributed by atoms with Gasteiger partial charge in [0.1, 0.15) is 60.1 Å². The van der Waals surface area contributed by atoms with Crippen LogP contribution in [0.2, 0.25) is 0 Å². The van der Waals surface area contributed by atoms with Gasteiger partial charge in [-0.3, -0.25) is 62.5 Å². The van der Waals surface area contributed by atoms with E-state index in [4.69, 9.17) is 28.7 Å². The fourth-order valence-electron chi connectivity index (χ4n) is 8.53. The molecule has 35 nitrogen and oxygen atoms in total. The number of carboxylic acids is 2. The minimum absolute atomic E-state index is 0.00204. The van der Waals surface area contributed by atoms with Gasteiger partial charge in [0.2, 0.25) is 65.0 Å². The van der Waals surface area contributed by atoms with Gasteiger partial charge >= 0.3 is 11.9 Å². The largest absolute Gasteiger partial charge is 0.508 e. The number of benzene rings is 2. The zero-order chi connectivity index (χ0) is 67.2. The minimum atomic E-state index is -2.07. The van der Waals surface area contributed by atoms with E-state index in [9.17, 15) is 87.9 Å². The molecule has 492 valence electrons. The molecule has 90 heavy (non-hydrogen) atoms. The van der Waals surface area contributed by atoms with Crippen LogP contribution in [0.25, 0.3) is 0 Å². The molecule has 0 bridgehead atoms. The van der Waals surface area contributed by atoms with Gasteiger partial charge in [-0.05, 0) is 61.3 Å². The van der Waals surface area contributed by atoms with Crippen LogP contribution in [0, 0.1) is 5.92 Å². The van der Waals surface area contributed by atoms with Crippen LogP contribution in [-0.4, -0.2) is 199 Å². The van der Waals surface area contributed by atoms with E-state index in [0.29, 0.717) is 11.1 Å². The van der Waals surface area contributed by atoms with Crippen LogP contribution in [0.15, 0.2) is 72.1 Å². The third kappa shape index (κ3) is 26.8. The van der Waals surface area contributed by atoms with Crippen molar-refractivity contribution < 1.29 is 87.9 Å². The van der Waals surface area contributed by atoms with E-state index in [2.05, 4.69) is 62.8 Å². The van der Waals surface area contributed by atoms with E-state index in [1.807, 2.05) is 0 Å². The highest BCUT2D eigenvalue weighted by Gasteiger charge is 2.37. The number of hydrogen-bond acceptors (Lipinski definition) is 19. The highest BCUT2D eigenvalue weighted by molar-refractivity contribution is 6.00. The van der Waals surface area contributed by atoms with Crippen LogP contribution in [0.4, 0.5) is 0 Å². The van der Waals surface area contributed by atoms with Crippen molar-refractivity contribution >= 4 is 82.9 Å². The van der Waals surface area contributed by atoms with E-state index >= 15 is 0 Å². The van der Waals surface area contributed by atoms with Crippen molar-refractivity contribution in [2.75, 3.05) is 19.8 Å². The molecule has 3 aromatic rings. The molecule has 0 radical (unpaired) electrons. The molecule has 1 aromatic heterocycles. The quantitative estimate of drug-likeness (QED) is 0.0143. The number of nitrogens with one attached hydrogen (secondary N) is 10. The summed E-state index contributed by atoms with van der Waals surface area (Å²) in [6.45, 7) is 1.11. The second-order valence-electron chi connectivity index (χ2n) is 21.1.